The molecule has 3 unspecified atom stereocenters. The van der Waals surface area contributed by atoms with E-state index < -0.39 is 0 Å². The Labute approximate surface area is 106 Å². The van der Waals surface area contributed by atoms with Gasteiger partial charge >= 0.3 is 0 Å². The average Bonchev–Trinajstić information content (AvgIpc) is 2.63. The fourth-order valence-corrected chi connectivity index (χ4v) is 3.49. The minimum atomic E-state index is -0.0729. The Bertz CT molecular complexity index is 246. The van der Waals surface area contributed by atoms with E-state index in [1.165, 1.54) is 45.2 Å². The summed E-state index contributed by atoms with van der Waals surface area (Å²) in [6.07, 6.45) is 7.29. The average molecular weight is 239 g/mol. The van der Waals surface area contributed by atoms with Gasteiger partial charge in [-0.05, 0) is 37.1 Å². The first-order valence-corrected chi connectivity index (χ1v) is 7.40. The molecular weight excluding hydrogens is 210 g/mol. The molecule has 2 fully saturated rings. The van der Waals surface area contributed by atoms with Gasteiger partial charge in [0.05, 0.1) is 6.10 Å². The highest BCUT2D eigenvalue weighted by molar-refractivity contribution is 4.90. The first-order valence-electron chi connectivity index (χ1n) is 7.40. The minimum Gasteiger partial charge on any atom is -0.391 e. The molecule has 2 nitrogen and oxygen atoms in total. The van der Waals surface area contributed by atoms with Crippen LogP contribution >= 0.6 is 0 Å². The number of hydrogen-bond donors (Lipinski definition) is 1. The van der Waals surface area contributed by atoms with Crippen LogP contribution in [0.1, 0.15) is 59.3 Å². The van der Waals surface area contributed by atoms with Crippen LogP contribution < -0.4 is 0 Å². The SMILES string of the molecule is CC(C)(C)C1CCN(C2CCCCCC2O)C1. The fourth-order valence-electron chi connectivity index (χ4n) is 3.49. The molecule has 1 aliphatic carbocycles. The Kier molecular flexibility index (Phi) is 4.14. The van der Waals surface area contributed by atoms with Gasteiger partial charge in [0.2, 0.25) is 0 Å². The van der Waals surface area contributed by atoms with Crippen molar-refractivity contribution < 1.29 is 5.11 Å². The molecule has 17 heavy (non-hydrogen) atoms. The maximum atomic E-state index is 10.3. The molecule has 1 saturated heterocycles. The highest BCUT2D eigenvalue weighted by Gasteiger charge is 2.37. The lowest BCUT2D eigenvalue weighted by molar-refractivity contribution is 0.0515. The van der Waals surface area contributed by atoms with Gasteiger partial charge in [0, 0.05) is 12.6 Å². The van der Waals surface area contributed by atoms with Crippen molar-refractivity contribution in [1.82, 2.24) is 4.90 Å². The standard InChI is InChI=1S/C15H29NO/c1-15(2,3)12-9-10-16(11-12)13-7-5-4-6-8-14(13)17/h12-14,17H,4-11H2,1-3H3. The molecule has 1 aliphatic heterocycles. The molecule has 0 aromatic carbocycles. The molecule has 0 aromatic heterocycles. The summed E-state index contributed by atoms with van der Waals surface area (Å²) >= 11 is 0. The highest BCUT2D eigenvalue weighted by atomic mass is 16.3. The van der Waals surface area contributed by atoms with Crippen molar-refractivity contribution >= 4 is 0 Å². The van der Waals surface area contributed by atoms with Crippen molar-refractivity contribution in [3.8, 4) is 0 Å². The molecule has 100 valence electrons. The highest BCUT2D eigenvalue weighted by Crippen LogP contribution is 2.36. The van der Waals surface area contributed by atoms with Crippen molar-refractivity contribution in [2.45, 2.75) is 71.4 Å². The Hall–Kier alpha value is -0.0800. The second-order valence-corrected chi connectivity index (χ2v) is 7.12. The zero-order chi connectivity index (χ0) is 12.5. The van der Waals surface area contributed by atoms with Gasteiger partial charge in [-0.15, -0.1) is 0 Å². The zero-order valence-electron chi connectivity index (χ0n) is 11.8. The number of aliphatic hydroxyl groups excluding tert-OH is 1. The third kappa shape index (κ3) is 3.23. The summed E-state index contributed by atoms with van der Waals surface area (Å²) in [4.78, 5) is 2.58. The largest absolute Gasteiger partial charge is 0.391 e. The molecule has 0 spiro atoms. The Morgan fingerprint density at radius 3 is 2.35 bits per heavy atom. The van der Waals surface area contributed by atoms with E-state index in [1.54, 1.807) is 0 Å². The lowest BCUT2D eigenvalue weighted by atomic mass is 9.80. The van der Waals surface area contributed by atoms with Crippen molar-refractivity contribution in [2.24, 2.45) is 11.3 Å². The Balaban J connectivity index is 1.94. The van der Waals surface area contributed by atoms with E-state index in [1.807, 2.05) is 0 Å². The second-order valence-electron chi connectivity index (χ2n) is 7.12. The Morgan fingerprint density at radius 1 is 1.00 bits per heavy atom. The minimum absolute atomic E-state index is 0.0729. The molecule has 0 aromatic rings. The van der Waals surface area contributed by atoms with Crippen LogP contribution in [0.15, 0.2) is 0 Å². The van der Waals surface area contributed by atoms with Crippen LogP contribution in [-0.2, 0) is 0 Å². The first kappa shape index (κ1) is 13.4. The van der Waals surface area contributed by atoms with Gasteiger partial charge in [0.1, 0.15) is 0 Å². The summed E-state index contributed by atoms with van der Waals surface area (Å²) < 4.78 is 0. The monoisotopic (exact) mass is 239 g/mol. The van der Waals surface area contributed by atoms with Gasteiger partial charge in [0.15, 0.2) is 0 Å². The summed E-state index contributed by atoms with van der Waals surface area (Å²) in [7, 11) is 0. The summed E-state index contributed by atoms with van der Waals surface area (Å²) in [5.41, 5.74) is 0.421. The van der Waals surface area contributed by atoms with Crippen LogP contribution in [0.4, 0.5) is 0 Å². The molecular formula is C15H29NO. The summed E-state index contributed by atoms with van der Waals surface area (Å²) in [6.45, 7) is 9.45. The quantitative estimate of drug-likeness (QED) is 0.711. The molecule has 1 heterocycles. The predicted octanol–water partition coefficient (Wildman–Crippen LogP) is 3.05. The van der Waals surface area contributed by atoms with Crippen LogP contribution in [0.3, 0.4) is 0 Å². The van der Waals surface area contributed by atoms with E-state index in [9.17, 15) is 5.11 Å². The number of likely N-dealkylation sites (tertiary alicyclic amines) is 1. The van der Waals surface area contributed by atoms with Crippen molar-refractivity contribution in [2.75, 3.05) is 13.1 Å². The third-order valence-corrected chi connectivity index (χ3v) is 4.86. The molecule has 3 atom stereocenters. The second kappa shape index (κ2) is 5.27. The van der Waals surface area contributed by atoms with Gasteiger partial charge in [-0.3, -0.25) is 4.90 Å². The number of aliphatic hydroxyl groups is 1. The molecule has 1 N–H and O–H groups in total. The molecule has 1 saturated carbocycles. The lowest BCUT2D eigenvalue weighted by Crippen LogP contribution is -2.42. The normalized spacial score (nSPS) is 37.1. The topological polar surface area (TPSA) is 23.5 Å². The van der Waals surface area contributed by atoms with Crippen LogP contribution in [0.5, 0.6) is 0 Å². The van der Waals surface area contributed by atoms with E-state index >= 15 is 0 Å². The van der Waals surface area contributed by atoms with Crippen LogP contribution in [0, 0.1) is 11.3 Å². The van der Waals surface area contributed by atoms with E-state index in [2.05, 4.69) is 25.7 Å². The van der Waals surface area contributed by atoms with Crippen molar-refractivity contribution in [3.05, 3.63) is 0 Å². The van der Waals surface area contributed by atoms with E-state index in [0.717, 1.165) is 12.3 Å². The van der Waals surface area contributed by atoms with Gasteiger partial charge in [0.25, 0.3) is 0 Å². The molecule has 0 amide bonds. The smallest absolute Gasteiger partial charge is 0.0695 e. The summed E-state index contributed by atoms with van der Waals surface area (Å²) in [5.74, 6) is 0.804. The van der Waals surface area contributed by atoms with E-state index in [4.69, 9.17) is 0 Å². The van der Waals surface area contributed by atoms with Gasteiger partial charge < -0.3 is 5.11 Å². The summed E-state index contributed by atoms with van der Waals surface area (Å²) in [5, 5.41) is 10.3. The first-order chi connectivity index (χ1) is 7.98. The number of rotatable bonds is 1. The van der Waals surface area contributed by atoms with Gasteiger partial charge in [-0.25, -0.2) is 0 Å². The molecule has 2 aliphatic rings. The lowest BCUT2D eigenvalue weighted by Gasteiger charge is -2.32. The van der Waals surface area contributed by atoms with Crippen molar-refractivity contribution in [1.29, 1.82) is 0 Å². The number of hydrogen-bond acceptors (Lipinski definition) is 2. The summed E-state index contributed by atoms with van der Waals surface area (Å²) in [6, 6.07) is 0.449. The van der Waals surface area contributed by atoms with Gasteiger partial charge in [-0.2, -0.15) is 0 Å². The zero-order valence-corrected chi connectivity index (χ0v) is 11.8. The fraction of sp³-hybridized carbons (Fsp3) is 1.00. The van der Waals surface area contributed by atoms with Crippen LogP contribution in [0.25, 0.3) is 0 Å². The Morgan fingerprint density at radius 2 is 1.71 bits per heavy atom. The van der Waals surface area contributed by atoms with E-state index in [-0.39, 0.29) is 6.10 Å². The molecule has 2 heteroatoms. The number of nitrogens with zero attached hydrogens (tertiary/aromatic N) is 1. The van der Waals surface area contributed by atoms with Crippen LogP contribution in [0.2, 0.25) is 0 Å². The molecule has 0 radical (unpaired) electrons. The third-order valence-electron chi connectivity index (χ3n) is 4.86. The van der Waals surface area contributed by atoms with Crippen LogP contribution in [-0.4, -0.2) is 35.2 Å². The predicted molar refractivity (Wildman–Crippen MR) is 72.0 cm³/mol. The molecule has 0 bridgehead atoms. The van der Waals surface area contributed by atoms with Crippen molar-refractivity contribution in [3.63, 3.8) is 0 Å². The maximum Gasteiger partial charge on any atom is 0.0695 e. The molecule has 2 rings (SSSR count). The van der Waals surface area contributed by atoms with Gasteiger partial charge in [-0.1, -0.05) is 40.0 Å². The maximum absolute atomic E-state index is 10.3. The van der Waals surface area contributed by atoms with E-state index in [0.29, 0.717) is 11.5 Å².